The lowest BCUT2D eigenvalue weighted by Crippen LogP contribution is -2.11. The van der Waals surface area contributed by atoms with E-state index in [-0.39, 0.29) is 11.3 Å². The molecule has 0 bridgehead atoms. The van der Waals surface area contributed by atoms with E-state index in [1.165, 1.54) is 24.4 Å². The summed E-state index contributed by atoms with van der Waals surface area (Å²) >= 11 is 3.73. The Morgan fingerprint density at radius 3 is 2.25 bits per heavy atom. The maximum Gasteiger partial charge on any atom is 0.416 e. The van der Waals surface area contributed by atoms with Crippen LogP contribution in [0.1, 0.15) is 27.8 Å². The lowest BCUT2D eigenvalue weighted by atomic mass is 9.96. The van der Waals surface area contributed by atoms with E-state index in [4.69, 9.17) is 5.73 Å². The summed E-state index contributed by atoms with van der Waals surface area (Å²) in [6.07, 6.45) is -1.58. The van der Waals surface area contributed by atoms with Crippen molar-refractivity contribution in [3.63, 3.8) is 0 Å². The fourth-order valence-corrected chi connectivity index (χ4v) is 3.08. The van der Waals surface area contributed by atoms with Gasteiger partial charge in [-0.1, -0.05) is 43.7 Å². The van der Waals surface area contributed by atoms with Crippen LogP contribution in [0, 0.1) is 29.2 Å². The minimum absolute atomic E-state index is 0.127. The van der Waals surface area contributed by atoms with Crippen LogP contribution in [0.5, 0.6) is 0 Å². The molecular weight excluding hydrogens is 514 g/mol. The van der Waals surface area contributed by atoms with Crippen LogP contribution in [0.2, 0.25) is 0 Å². The number of thiol groups is 1. The van der Waals surface area contributed by atoms with Crippen LogP contribution >= 0.6 is 12.8 Å². The predicted molar refractivity (Wildman–Crippen MR) is 123 cm³/mol. The molecule has 0 spiro atoms. The third-order valence-corrected chi connectivity index (χ3v) is 4.75. The maximum absolute atomic E-state index is 13.7. The standard InChI is InChI=1S/C18H12F7N.C6H7FN2S/c1-9(26)2-3-10-4-5-11(13(6-10)18(23,24)25)7-12-8-14(19)16(21)17(22)15(12)20;7-6-5(4-9-10)2-1-3-8-6/h2-6,8H,1,7,26H2;1-3,9-10H,4H2/b3-2+;. The molecule has 0 unspecified atom stereocenters. The summed E-state index contributed by atoms with van der Waals surface area (Å²) < 4.78 is 108. The molecule has 0 amide bonds. The molecule has 1 heterocycles. The van der Waals surface area contributed by atoms with E-state index in [1.54, 1.807) is 12.1 Å². The number of hydrogen-bond donors (Lipinski definition) is 3. The lowest BCUT2D eigenvalue weighted by Gasteiger charge is -2.15. The van der Waals surface area contributed by atoms with Gasteiger partial charge in [0.25, 0.3) is 0 Å². The zero-order valence-electron chi connectivity index (χ0n) is 18.3. The second-order valence-electron chi connectivity index (χ2n) is 7.25. The second kappa shape index (κ2) is 12.5. The molecule has 0 radical (unpaired) electrons. The fourth-order valence-electron chi connectivity index (χ4n) is 2.91. The number of halogens is 8. The van der Waals surface area contributed by atoms with E-state index >= 15 is 0 Å². The molecule has 3 rings (SSSR count). The first kappa shape index (κ1) is 28.9. The van der Waals surface area contributed by atoms with Crippen LogP contribution in [-0.2, 0) is 19.1 Å². The Labute approximate surface area is 206 Å². The summed E-state index contributed by atoms with van der Waals surface area (Å²) in [4.78, 5) is 3.46. The van der Waals surface area contributed by atoms with E-state index < -0.39 is 58.5 Å². The first-order valence-corrected chi connectivity index (χ1v) is 10.4. The van der Waals surface area contributed by atoms with E-state index in [9.17, 15) is 35.1 Å². The molecule has 0 fully saturated rings. The number of aromatic nitrogens is 1. The van der Waals surface area contributed by atoms with Crippen molar-refractivity contribution in [3.05, 3.63) is 118 Å². The van der Waals surface area contributed by atoms with Gasteiger partial charge in [-0.25, -0.2) is 22.5 Å². The minimum Gasteiger partial charge on any atom is -0.399 e. The molecule has 0 saturated heterocycles. The van der Waals surface area contributed by atoms with E-state index in [0.29, 0.717) is 18.2 Å². The van der Waals surface area contributed by atoms with Crippen molar-refractivity contribution in [1.82, 2.24) is 9.71 Å². The van der Waals surface area contributed by atoms with Gasteiger partial charge in [-0.15, -0.1) is 0 Å². The van der Waals surface area contributed by atoms with E-state index in [1.807, 2.05) is 0 Å². The monoisotopic (exact) mass is 533 g/mol. The van der Waals surface area contributed by atoms with Gasteiger partial charge in [0, 0.05) is 30.4 Å². The Balaban J connectivity index is 0.000000380. The maximum atomic E-state index is 13.7. The number of rotatable bonds is 6. The molecule has 12 heteroatoms. The third-order valence-electron chi connectivity index (χ3n) is 4.59. The molecule has 0 saturated carbocycles. The summed E-state index contributed by atoms with van der Waals surface area (Å²) in [6, 6.07) is 6.79. The average Bonchev–Trinajstić information content (AvgIpc) is 2.81. The van der Waals surface area contributed by atoms with Gasteiger partial charge in [0.1, 0.15) is 0 Å². The van der Waals surface area contributed by atoms with Crippen molar-refractivity contribution in [3.8, 4) is 0 Å². The molecule has 0 aliphatic carbocycles. The SMILES string of the molecule is C=C(N)/C=C/c1ccc(Cc2cc(F)c(F)c(F)c2F)c(C(F)(F)F)c1.Fc1ncccc1CNS. The normalized spacial score (nSPS) is 11.4. The first-order valence-electron chi connectivity index (χ1n) is 9.96. The quantitative estimate of drug-likeness (QED) is 0.0848. The molecule has 3 aromatic rings. The topological polar surface area (TPSA) is 50.9 Å². The molecule has 3 N–H and O–H groups in total. The number of benzene rings is 2. The minimum atomic E-state index is -4.80. The van der Waals surface area contributed by atoms with Gasteiger partial charge in [0.2, 0.25) is 5.95 Å². The number of allylic oxidation sites excluding steroid dienone is 1. The van der Waals surface area contributed by atoms with E-state index in [2.05, 4.69) is 29.1 Å². The Bertz CT molecular complexity index is 1260. The Morgan fingerprint density at radius 1 is 0.972 bits per heavy atom. The first-order chi connectivity index (χ1) is 16.8. The van der Waals surface area contributed by atoms with Crippen molar-refractivity contribution in [2.24, 2.45) is 5.73 Å². The summed E-state index contributed by atoms with van der Waals surface area (Å²) in [6.45, 7) is 3.77. The number of nitrogens with one attached hydrogen (secondary N) is 1. The summed E-state index contributed by atoms with van der Waals surface area (Å²) in [5, 5.41) is 0. The molecule has 3 nitrogen and oxygen atoms in total. The second-order valence-corrected chi connectivity index (χ2v) is 7.56. The number of alkyl halides is 3. The van der Waals surface area contributed by atoms with Gasteiger partial charge in [-0.3, -0.25) is 4.72 Å². The highest BCUT2D eigenvalue weighted by atomic mass is 32.1. The zero-order chi connectivity index (χ0) is 27.0. The zero-order valence-corrected chi connectivity index (χ0v) is 19.2. The van der Waals surface area contributed by atoms with Crippen molar-refractivity contribution < 1.29 is 35.1 Å². The highest BCUT2D eigenvalue weighted by Gasteiger charge is 2.34. The highest BCUT2D eigenvalue weighted by Crippen LogP contribution is 2.34. The van der Waals surface area contributed by atoms with Crippen LogP contribution < -0.4 is 10.5 Å². The summed E-state index contributed by atoms with van der Waals surface area (Å²) in [7, 11) is 0. The van der Waals surface area contributed by atoms with Crippen LogP contribution in [0.3, 0.4) is 0 Å². The van der Waals surface area contributed by atoms with Crippen molar-refractivity contribution in [2.45, 2.75) is 19.1 Å². The number of nitrogens with two attached hydrogens (primary N) is 1. The molecule has 192 valence electrons. The summed E-state index contributed by atoms with van der Waals surface area (Å²) in [5.41, 5.74) is 3.83. The van der Waals surface area contributed by atoms with Crippen molar-refractivity contribution >= 4 is 18.9 Å². The van der Waals surface area contributed by atoms with Gasteiger partial charge in [0.15, 0.2) is 23.3 Å². The average molecular weight is 533 g/mol. The van der Waals surface area contributed by atoms with Gasteiger partial charge in [0.05, 0.1) is 5.56 Å². The van der Waals surface area contributed by atoms with Gasteiger partial charge < -0.3 is 5.73 Å². The Kier molecular flexibility index (Phi) is 10.1. The van der Waals surface area contributed by atoms with Gasteiger partial charge in [-0.05, 0) is 41.0 Å². The van der Waals surface area contributed by atoms with Crippen molar-refractivity contribution in [1.29, 1.82) is 0 Å². The largest absolute Gasteiger partial charge is 0.416 e. The number of nitrogens with zero attached hydrogens (tertiary/aromatic N) is 1. The molecule has 2 aromatic carbocycles. The highest BCUT2D eigenvalue weighted by molar-refractivity contribution is 7.78. The van der Waals surface area contributed by atoms with Gasteiger partial charge >= 0.3 is 6.18 Å². The van der Waals surface area contributed by atoms with Gasteiger partial charge in [-0.2, -0.15) is 17.6 Å². The van der Waals surface area contributed by atoms with Crippen LogP contribution in [-0.4, -0.2) is 4.98 Å². The van der Waals surface area contributed by atoms with Crippen LogP contribution in [0.25, 0.3) is 6.08 Å². The smallest absolute Gasteiger partial charge is 0.399 e. The predicted octanol–water partition coefficient (Wildman–Crippen LogP) is 6.49. The third kappa shape index (κ3) is 7.82. The fraction of sp³-hybridized carbons (Fsp3) is 0.125. The molecule has 0 aliphatic rings. The number of hydrogen-bond acceptors (Lipinski definition) is 4. The van der Waals surface area contributed by atoms with Crippen LogP contribution in [0.4, 0.5) is 35.1 Å². The Hall–Kier alpha value is -3.38. The van der Waals surface area contributed by atoms with Crippen molar-refractivity contribution in [2.75, 3.05) is 0 Å². The van der Waals surface area contributed by atoms with E-state index in [0.717, 1.165) is 12.1 Å². The molecule has 0 aliphatic heterocycles. The molecule has 36 heavy (non-hydrogen) atoms. The molecular formula is C24H19F8N3S. The number of pyridine rings is 1. The molecule has 0 atom stereocenters. The molecule has 1 aromatic heterocycles. The lowest BCUT2D eigenvalue weighted by molar-refractivity contribution is -0.138. The van der Waals surface area contributed by atoms with Crippen LogP contribution in [0.15, 0.2) is 60.9 Å². The summed E-state index contributed by atoms with van der Waals surface area (Å²) in [5.74, 6) is -7.96. The Morgan fingerprint density at radius 2 is 1.67 bits per heavy atom.